The average Bonchev–Trinajstić information content (AvgIpc) is 2.29. The van der Waals surface area contributed by atoms with Crippen LogP contribution in [0.1, 0.15) is 17.3 Å². The van der Waals surface area contributed by atoms with Gasteiger partial charge in [-0.05, 0) is 31.2 Å². The largest absolute Gasteiger partial charge is 0.462 e. The molecule has 1 aromatic carbocycles. The average molecular weight is 252 g/mol. The molecule has 17 heavy (non-hydrogen) atoms. The second-order valence-corrected chi connectivity index (χ2v) is 5.20. The summed E-state index contributed by atoms with van der Waals surface area (Å²) in [7, 11) is -3.45. The van der Waals surface area contributed by atoms with Crippen LogP contribution in [-0.4, -0.2) is 26.7 Å². The summed E-state index contributed by atoms with van der Waals surface area (Å²) in [5.74, 6) is 1.25. The molecule has 0 aliphatic carbocycles. The Balaban J connectivity index is 2.97. The van der Waals surface area contributed by atoms with E-state index < -0.39 is 15.8 Å². The van der Waals surface area contributed by atoms with E-state index in [1.807, 2.05) is 0 Å². The summed E-state index contributed by atoms with van der Waals surface area (Å²) < 4.78 is 27.9. The minimum Gasteiger partial charge on any atom is -0.462 e. The van der Waals surface area contributed by atoms with Crippen LogP contribution in [-0.2, 0) is 14.6 Å². The summed E-state index contributed by atoms with van der Waals surface area (Å²) in [4.78, 5) is 11.4. The maximum atomic E-state index is 11.6. The first-order valence-electron chi connectivity index (χ1n) is 4.94. The van der Waals surface area contributed by atoms with Gasteiger partial charge in [0.25, 0.3) is 0 Å². The molecular weight excluding hydrogens is 240 g/mol. The first kappa shape index (κ1) is 13.3. The highest BCUT2D eigenvalue weighted by Gasteiger charge is 2.14. The molecule has 1 rings (SSSR count). The third-order valence-electron chi connectivity index (χ3n) is 2.00. The first-order chi connectivity index (χ1) is 8.01. The van der Waals surface area contributed by atoms with Crippen molar-refractivity contribution in [2.45, 2.75) is 11.8 Å². The zero-order valence-electron chi connectivity index (χ0n) is 9.34. The van der Waals surface area contributed by atoms with Crippen molar-refractivity contribution in [2.24, 2.45) is 0 Å². The number of benzene rings is 1. The number of hydrogen-bond acceptors (Lipinski definition) is 4. The second-order valence-electron chi connectivity index (χ2n) is 3.21. The molecule has 5 heteroatoms. The molecule has 0 spiro atoms. The van der Waals surface area contributed by atoms with Gasteiger partial charge in [0.05, 0.1) is 17.1 Å². The van der Waals surface area contributed by atoms with Crippen LogP contribution >= 0.6 is 0 Å². The number of esters is 1. The highest BCUT2D eigenvalue weighted by atomic mass is 32.2. The maximum Gasteiger partial charge on any atom is 0.338 e. The summed E-state index contributed by atoms with van der Waals surface area (Å²) in [6.07, 6.45) is 4.97. The number of rotatable bonds is 4. The molecule has 1 aromatic rings. The zero-order valence-corrected chi connectivity index (χ0v) is 10.2. The van der Waals surface area contributed by atoms with Gasteiger partial charge in [-0.25, -0.2) is 13.2 Å². The third kappa shape index (κ3) is 3.33. The summed E-state index contributed by atoms with van der Waals surface area (Å²) >= 11 is 0. The lowest BCUT2D eigenvalue weighted by Crippen LogP contribution is -2.07. The first-order valence-corrected chi connectivity index (χ1v) is 6.60. The van der Waals surface area contributed by atoms with Gasteiger partial charge < -0.3 is 4.74 Å². The molecule has 0 fully saturated rings. The van der Waals surface area contributed by atoms with Gasteiger partial charge in [0.1, 0.15) is 5.75 Å². The van der Waals surface area contributed by atoms with Gasteiger partial charge in [-0.15, -0.1) is 6.42 Å². The molecule has 0 atom stereocenters. The molecule has 0 aromatic heterocycles. The lowest BCUT2D eigenvalue weighted by molar-refractivity contribution is 0.0526. The monoisotopic (exact) mass is 252 g/mol. The van der Waals surface area contributed by atoms with Gasteiger partial charge in [-0.1, -0.05) is 5.92 Å². The van der Waals surface area contributed by atoms with Gasteiger partial charge in [0.2, 0.25) is 0 Å². The Morgan fingerprint density at radius 3 is 2.41 bits per heavy atom. The van der Waals surface area contributed by atoms with Crippen LogP contribution in [0, 0.1) is 12.3 Å². The molecule has 0 radical (unpaired) electrons. The zero-order chi connectivity index (χ0) is 12.9. The molecule has 0 bridgehead atoms. The Hall–Kier alpha value is -1.80. The number of carbonyl (C=O) groups excluding carboxylic acids is 1. The highest BCUT2D eigenvalue weighted by molar-refractivity contribution is 7.91. The Bertz CT molecular complexity index is 535. The van der Waals surface area contributed by atoms with Gasteiger partial charge in [0.15, 0.2) is 9.84 Å². The minimum absolute atomic E-state index is 0.100. The van der Waals surface area contributed by atoms with Gasteiger partial charge >= 0.3 is 5.97 Å². The van der Waals surface area contributed by atoms with Gasteiger partial charge in [-0.2, -0.15) is 0 Å². The molecule has 0 heterocycles. The predicted octanol–water partition coefficient (Wildman–Crippen LogP) is 1.27. The Morgan fingerprint density at radius 2 is 1.94 bits per heavy atom. The van der Waals surface area contributed by atoms with Crippen molar-refractivity contribution in [3.8, 4) is 12.3 Å². The van der Waals surface area contributed by atoms with Crippen molar-refractivity contribution < 1.29 is 17.9 Å². The Labute approximate surface area is 101 Å². The number of carbonyl (C=O) groups is 1. The SMILES string of the molecule is C#CCS(=O)(=O)c1ccc(C(=O)OCC)cc1. The fourth-order valence-corrected chi connectivity index (χ4v) is 2.14. The molecule has 90 valence electrons. The minimum atomic E-state index is -3.45. The molecule has 0 aliphatic heterocycles. The lowest BCUT2D eigenvalue weighted by Gasteiger charge is -2.03. The molecule has 0 saturated carbocycles. The standard InChI is InChI=1S/C12H12O4S/c1-3-9-17(14,15)11-7-5-10(6-8-11)12(13)16-4-2/h1,5-8H,4,9H2,2H3. The van der Waals surface area contributed by atoms with E-state index in [9.17, 15) is 13.2 Å². The van der Waals surface area contributed by atoms with Crippen LogP contribution in [0.4, 0.5) is 0 Å². The van der Waals surface area contributed by atoms with E-state index in [1.165, 1.54) is 24.3 Å². The molecular formula is C12H12O4S. The number of ether oxygens (including phenoxy) is 1. The van der Waals surface area contributed by atoms with Crippen molar-refractivity contribution in [3.63, 3.8) is 0 Å². The van der Waals surface area contributed by atoms with E-state index in [-0.39, 0.29) is 17.3 Å². The van der Waals surface area contributed by atoms with Gasteiger partial charge in [0, 0.05) is 0 Å². The van der Waals surface area contributed by atoms with E-state index in [0.717, 1.165) is 0 Å². The van der Waals surface area contributed by atoms with E-state index >= 15 is 0 Å². The molecule has 0 aliphatic rings. The smallest absolute Gasteiger partial charge is 0.338 e. The Morgan fingerprint density at radius 1 is 1.35 bits per heavy atom. The van der Waals surface area contributed by atoms with E-state index in [0.29, 0.717) is 5.56 Å². The van der Waals surface area contributed by atoms with Crippen molar-refractivity contribution in [1.29, 1.82) is 0 Å². The number of hydrogen-bond donors (Lipinski definition) is 0. The lowest BCUT2D eigenvalue weighted by atomic mass is 10.2. The summed E-state index contributed by atoms with van der Waals surface area (Å²) in [6.45, 7) is 1.97. The summed E-state index contributed by atoms with van der Waals surface area (Å²) in [5, 5.41) is 0. The van der Waals surface area contributed by atoms with Crippen molar-refractivity contribution in [2.75, 3.05) is 12.4 Å². The van der Waals surface area contributed by atoms with Crippen LogP contribution in [0.15, 0.2) is 29.2 Å². The van der Waals surface area contributed by atoms with E-state index in [4.69, 9.17) is 11.2 Å². The molecule has 0 unspecified atom stereocenters. The van der Waals surface area contributed by atoms with Crippen molar-refractivity contribution >= 4 is 15.8 Å². The van der Waals surface area contributed by atoms with Crippen LogP contribution < -0.4 is 0 Å². The third-order valence-corrected chi connectivity index (χ3v) is 3.54. The number of terminal acetylenes is 1. The van der Waals surface area contributed by atoms with Crippen LogP contribution in [0.3, 0.4) is 0 Å². The summed E-state index contributed by atoms with van der Waals surface area (Å²) in [5.41, 5.74) is 0.312. The van der Waals surface area contributed by atoms with E-state index in [1.54, 1.807) is 6.92 Å². The maximum absolute atomic E-state index is 11.6. The van der Waals surface area contributed by atoms with Crippen LogP contribution in [0.2, 0.25) is 0 Å². The summed E-state index contributed by atoms with van der Waals surface area (Å²) in [6, 6.07) is 5.50. The van der Waals surface area contributed by atoms with Crippen molar-refractivity contribution in [1.82, 2.24) is 0 Å². The topological polar surface area (TPSA) is 60.4 Å². The predicted molar refractivity (Wildman–Crippen MR) is 63.3 cm³/mol. The van der Waals surface area contributed by atoms with Crippen molar-refractivity contribution in [3.05, 3.63) is 29.8 Å². The fourth-order valence-electron chi connectivity index (χ4n) is 1.21. The van der Waals surface area contributed by atoms with Gasteiger partial charge in [-0.3, -0.25) is 0 Å². The number of sulfone groups is 1. The normalized spacial score (nSPS) is 10.6. The van der Waals surface area contributed by atoms with Crippen LogP contribution in [0.25, 0.3) is 0 Å². The quantitative estimate of drug-likeness (QED) is 0.598. The molecule has 0 amide bonds. The molecule has 4 nitrogen and oxygen atoms in total. The fraction of sp³-hybridized carbons (Fsp3) is 0.250. The molecule has 0 N–H and O–H groups in total. The van der Waals surface area contributed by atoms with Crippen LogP contribution in [0.5, 0.6) is 0 Å². The Kier molecular flexibility index (Phi) is 4.30. The van der Waals surface area contributed by atoms with E-state index in [2.05, 4.69) is 5.92 Å². The molecule has 0 saturated heterocycles. The highest BCUT2D eigenvalue weighted by Crippen LogP contribution is 2.12. The second kappa shape index (κ2) is 5.51.